The van der Waals surface area contributed by atoms with Gasteiger partial charge < -0.3 is 9.84 Å². The number of hydrogen-bond acceptors (Lipinski definition) is 5. The smallest absolute Gasteiger partial charge is 0.350 e. The molecule has 17 heavy (non-hydrogen) atoms. The molecule has 0 saturated heterocycles. The summed E-state index contributed by atoms with van der Waals surface area (Å²) in [5.41, 5.74) is -0.660. The summed E-state index contributed by atoms with van der Waals surface area (Å²) < 4.78 is 28.8. The number of aromatic nitrogens is 2. The molecule has 0 aliphatic carbocycles. The standard InChI is InChI=1S/C7H7F2N3O5/c8-5(9)3-17-7-4(12(15)16)1-11(10-7)2-6(13)14/h1,5H,2-3H2,(H,13,14). The Labute approximate surface area is 92.6 Å². The first kappa shape index (κ1) is 12.8. The van der Waals surface area contributed by atoms with Crippen LogP contribution in [0.1, 0.15) is 0 Å². The summed E-state index contributed by atoms with van der Waals surface area (Å²) in [5.74, 6) is -1.90. The number of halogens is 2. The Kier molecular flexibility index (Phi) is 3.91. The van der Waals surface area contributed by atoms with Gasteiger partial charge in [-0.25, -0.2) is 8.78 Å². The third kappa shape index (κ3) is 3.66. The molecule has 1 aromatic heterocycles. The SMILES string of the molecule is O=C(O)Cn1cc([N+](=O)[O-])c(OCC(F)F)n1. The van der Waals surface area contributed by atoms with Gasteiger partial charge in [0.05, 0.1) is 4.92 Å². The molecule has 0 bridgehead atoms. The fourth-order valence-corrected chi connectivity index (χ4v) is 0.983. The highest BCUT2D eigenvalue weighted by Crippen LogP contribution is 2.24. The number of nitro groups is 1. The molecule has 0 aliphatic rings. The van der Waals surface area contributed by atoms with E-state index in [2.05, 4.69) is 9.84 Å². The van der Waals surface area contributed by atoms with Crippen LogP contribution in [0.25, 0.3) is 0 Å². The molecule has 0 aliphatic heterocycles. The van der Waals surface area contributed by atoms with Crippen molar-refractivity contribution in [3.8, 4) is 5.88 Å². The second-order valence-corrected chi connectivity index (χ2v) is 2.87. The molecular formula is C7H7F2N3O5. The highest BCUT2D eigenvalue weighted by Gasteiger charge is 2.22. The molecule has 0 spiro atoms. The summed E-state index contributed by atoms with van der Waals surface area (Å²) in [6, 6.07) is 0. The molecule has 1 heterocycles. The van der Waals surface area contributed by atoms with Crippen LogP contribution in [0.4, 0.5) is 14.5 Å². The van der Waals surface area contributed by atoms with Gasteiger partial charge in [-0.1, -0.05) is 0 Å². The molecule has 0 radical (unpaired) electrons. The zero-order chi connectivity index (χ0) is 13.0. The van der Waals surface area contributed by atoms with Crippen LogP contribution in [0.2, 0.25) is 0 Å². The maximum atomic E-state index is 11.8. The van der Waals surface area contributed by atoms with Crippen molar-refractivity contribution >= 4 is 11.7 Å². The summed E-state index contributed by atoms with van der Waals surface area (Å²) in [6.45, 7) is -1.68. The molecule has 0 atom stereocenters. The lowest BCUT2D eigenvalue weighted by atomic mass is 10.5. The predicted octanol–water partition coefficient (Wildman–Crippen LogP) is 0.520. The van der Waals surface area contributed by atoms with Crippen molar-refractivity contribution in [2.75, 3.05) is 6.61 Å². The van der Waals surface area contributed by atoms with Gasteiger partial charge in [-0.2, -0.15) is 0 Å². The van der Waals surface area contributed by atoms with E-state index in [9.17, 15) is 23.7 Å². The van der Waals surface area contributed by atoms with Gasteiger partial charge in [0.15, 0.2) is 6.61 Å². The van der Waals surface area contributed by atoms with E-state index < -0.39 is 42.0 Å². The third-order valence-corrected chi connectivity index (χ3v) is 1.55. The molecule has 0 amide bonds. The summed E-state index contributed by atoms with van der Waals surface area (Å²) >= 11 is 0. The first-order valence-electron chi connectivity index (χ1n) is 4.24. The maximum Gasteiger partial charge on any atom is 0.350 e. The number of carboxylic acids is 1. The van der Waals surface area contributed by atoms with E-state index in [0.29, 0.717) is 0 Å². The van der Waals surface area contributed by atoms with Gasteiger partial charge >= 0.3 is 17.5 Å². The summed E-state index contributed by atoms with van der Waals surface area (Å²) in [7, 11) is 0. The first-order chi connectivity index (χ1) is 7.90. The number of alkyl halides is 2. The van der Waals surface area contributed by atoms with Gasteiger partial charge in [0.25, 0.3) is 6.43 Å². The van der Waals surface area contributed by atoms with Crippen LogP contribution in [0.5, 0.6) is 5.88 Å². The molecule has 1 aromatic rings. The molecule has 8 nitrogen and oxygen atoms in total. The first-order valence-corrected chi connectivity index (χ1v) is 4.24. The van der Waals surface area contributed by atoms with Crippen LogP contribution in [-0.2, 0) is 11.3 Å². The number of carbonyl (C=O) groups is 1. The van der Waals surface area contributed by atoms with E-state index in [-0.39, 0.29) is 0 Å². The highest BCUT2D eigenvalue weighted by atomic mass is 19.3. The maximum absolute atomic E-state index is 11.8. The van der Waals surface area contributed by atoms with Crippen molar-refractivity contribution in [1.82, 2.24) is 9.78 Å². The van der Waals surface area contributed by atoms with Crippen LogP contribution in [-0.4, -0.2) is 38.8 Å². The zero-order valence-corrected chi connectivity index (χ0v) is 8.25. The number of carboxylic acid groups (broad SMARTS) is 1. The van der Waals surface area contributed by atoms with E-state index in [0.717, 1.165) is 10.9 Å². The molecule has 0 aromatic carbocycles. The molecular weight excluding hydrogens is 244 g/mol. The minimum atomic E-state index is -2.81. The number of ether oxygens (including phenoxy) is 1. The number of rotatable bonds is 6. The molecule has 1 rings (SSSR count). The van der Waals surface area contributed by atoms with Crippen LogP contribution in [0, 0.1) is 10.1 Å². The van der Waals surface area contributed by atoms with E-state index >= 15 is 0 Å². The van der Waals surface area contributed by atoms with Crippen LogP contribution in [0.3, 0.4) is 0 Å². The molecule has 0 fully saturated rings. The van der Waals surface area contributed by atoms with Crippen LogP contribution >= 0.6 is 0 Å². The second-order valence-electron chi connectivity index (χ2n) is 2.87. The molecule has 10 heteroatoms. The summed E-state index contributed by atoms with van der Waals surface area (Å²) in [4.78, 5) is 19.9. The zero-order valence-electron chi connectivity index (χ0n) is 8.25. The van der Waals surface area contributed by atoms with Crippen molar-refractivity contribution in [3.05, 3.63) is 16.3 Å². The topological polar surface area (TPSA) is 107 Å². The number of hydrogen-bond donors (Lipinski definition) is 1. The average molecular weight is 251 g/mol. The summed E-state index contributed by atoms with van der Waals surface area (Å²) in [5, 5.41) is 22.3. The average Bonchev–Trinajstić information content (AvgIpc) is 2.57. The number of nitrogens with zero attached hydrogens (tertiary/aromatic N) is 3. The van der Waals surface area contributed by atoms with Gasteiger partial charge in [-0.05, 0) is 0 Å². The van der Waals surface area contributed by atoms with E-state index in [1.165, 1.54) is 0 Å². The van der Waals surface area contributed by atoms with Crippen molar-refractivity contribution in [2.45, 2.75) is 13.0 Å². The Morgan fingerprint density at radius 2 is 2.35 bits per heavy atom. The highest BCUT2D eigenvalue weighted by molar-refractivity contribution is 5.66. The fourth-order valence-electron chi connectivity index (χ4n) is 0.983. The van der Waals surface area contributed by atoms with Gasteiger partial charge in [-0.3, -0.25) is 19.6 Å². The van der Waals surface area contributed by atoms with Crippen molar-refractivity contribution in [1.29, 1.82) is 0 Å². The Balaban J connectivity index is 2.88. The molecule has 0 unspecified atom stereocenters. The largest absolute Gasteiger partial charge is 0.480 e. The normalized spacial score (nSPS) is 10.5. The Bertz CT molecular complexity index is 433. The lowest BCUT2D eigenvalue weighted by Crippen LogP contribution is -2.10. The lowest BCUT2D eigenvalue weighted by Gasteiger charge is -2.00. The molecule has 0 saturated carbocycles. The lowest BCUT2D eigenvalue weighted by molar-refractivity contribution is -0.386. The van der Waals surface area contributed by atoms with Crippen molar-refractivity contribution in [3.63, 3.8) is 0 Å². The number of aliphatic carboxylic acids is 1. The molecule has 94 valence electrons. The quantitative estimate of drug-likeness (QED) is 0.583. The monoisotopic (exact) mass is 251 g/mol. The third-order valence-electron chi connectivity index (χ3n) is 1.55. The summed E-state index contributed by atoms with van der Waals surface area (Å²) in [6.07, 6.45) is -2.01. The van der Waals surface area contributed by atoms with E-state index in [1.54, 1.807) is 0 Å². The van der Waals surface area contributed by atoms with Gasteiger partial charge in [0.2, 0.25) is 0 Å². The van der Waals surface area contributed by atoms with Crippen molar-refractivity contribution < 1.29 is 28.3 Å². The Morgan fingerprint density at radius 3 is 2.82 bits per heavy atom. The van der Waals surface area contributed by atoms with E-state index in [1.807, 2.05) is 0 Å². The van der Waals surface area contributed by atoms with Crippen LogP contribution in [0.15, 0.2) is 6.20 Å². The van der Waals surface area contributed by atoms with Crippen LogP contribution < -0.4 is 4.74 Å². The Hall–Kier alpha value is -2.26. The van der Waals surface area contributed by atoms with E-state index in [4.69, 9.17) is 5.11 Å². The molecule has 1 N–H and O–H groups in total. The van der Waals surface area contributed by atoms with Gasteiger partial charge in [0, 0.05) is 0 Å². The Morgan fingerprint density at radius 1 is 1.71 bits per heavy atom. The second kappa shape index (κ2) is 5.18. The van der Waals surface area contributed by atoms with Crippen molar-refractivity contribution in [2.24, 2.45) is 0 Å². The fraction of sp³-hybridized carbons (Fsp3) is 0.429. The minimum Gasteiger partial charge on any atom is -0.480 e. The van der Waals surface area contributed by atoms with Gasteiger partial charge in [-0.15, -0.1) is 5.10 Å². The predicted molar refractivity (Wildman–Crippen MR) is 48.0 cm³/mol. The van der Waals surface area contributed by atoms with Gasteiger partial charge in [0.1, 0.15) is 12.7 Å². The minimum absolute atomic E-state index is 0.626.